The molecule has 0 aliphatic rings. The Bertz CT molecular complexity index is 408. The van der Waals surface area contributed by atoms with Crippen molar-refractivity contribution in [1.29, 1.82) is 0 Å². The Kier molecular flexibility index (Phi) is 13.8. The Hall–Kier alpha value is -0.683. The van der Waals surface area contributed by atoms with E-state index in [1.165, 1.54) is 56.9 Å². The van der Waals surface area contributed by atoms with Gasteiger partial charge in [0.05, 0.1) is 0 Å². The second kappa shape index (κ2) is 15.4. The van der Waals surface area contributed by atoms with Crippen molar-refractivity contribution in [2.75, 3.05) is 19.8 Å². The van der Waals surface area contributed by atoms with E-state index in [2.05, 4.69) is 30.3 Å². The van der Waals surface area contributed by atoms with Crippen molar-refractivity contribution in [2.45, 2.75) is 84.6 Å². The van der Waals surface area contributed by atoms with Crippen molar-refractivity contribution in [3.63, 3.8) is 0 Å². The average Bonchev–Trinajstić information content (AvgIpc) is 2.65. The fourth-order valence-electron chi connectivity index (χ4n) is 3.38. The molecule has 150 valence electrons. The molecule has 0 radical (unpaired) electrons. The van der Waals surface area contributed by atoms with Gasteiger partial charge in [-0.3, -0.25) is 0 Å². The van der Waals surface area contributed by atoms with Crippen LogP contribution in [-0.4, -0.2) is 28.6 Å². The minimum absolute atomic E-state index is 0.676. The van der Waals surface area contributed by atoms with E-state index in [4.69, 9.17) is 13.3 Å². The highest BCUT2D eigenvalue weighted by Crippen LogP contribution is 2.21. The number of rotatable bonds is 17. The highest BCUT2D eigenvalue weighted by molar-refractivity contribution is 6.60. The van der Waals surface area contributed by atoms with Gasteiger partial charge in [0.25, 0.3) is 0 Å². The fraction of sp³-hybridized carbons (Fsp3) is 0.727. The molecule has 4 heteroatoms. The highest BCUT2D eigenvalue weighted by atomic mass is 28.4. The predicted molar refractivity (Wildman–Crippen MR) is 113 cm³/mol. The summed E-state index contributed by atoms with van der Waals surface area (Å²) < 4.78 is 17.7. The van der Waals surface area contributed by atoms with E-state index < -0.39 is 8.80 Å². The quantitative estimate of drug-likeness (QED) is 0.231. The van der Waals surface area contributed by atoms with Crippen molar-refractivity contribution < 1.29 is 13.3 Å². The molecular weight excluding hydrogens is 340 g/mol. The van der Waals surface area contributed by atoms with E-state index in [1.54, 1.807) is 0 Å². The van der Waals surface area contributed by atoms with Gasteiger partial charge in [0, 0.05) is 25.9 Å². The SMILES string of the molecule is CCO[Si](CCCCCCCCCCc1ccccc1)(OCC)OCC. The van der Waals surface area contributed by atoms with E-state index >= 15 is 0 Å². The lowest BCUT2D eigenvalue weighted by molar-refractivity contribution is 0.0706. The molecule has 0 heterocycles. The molecular formula is C22H40O3Si. The van der Waals surface area contributed by atoms with Gasteiger partial charge >= 0.3 is 8.80 Å². The molecule has 0 fully saturated rings. The molecule has 0 N–H and O–H groups in total. The fourth-order valence-corrected chi connectivity index (χ4v) is 6.06. The van der Waals surface area contributed by atoms with Crippen LogP contribution in [0.15, 0.2) is 30.3 Å². The number of aryl methyl sites for hydroxylation is 1. The predicted octanol–water partition coefficient (Wildman–Crippen LogP) is 6.40. The maximum Gasteiger partial charge on any atom is 0.500 e. The van der Waals surface area contributed by atoms with Crippen molar-refractivity contribution in [3.05, 3.63) is 35.9 Å². The van der Waals surface area contributed by atoms with Crippen molar-refractivity contribution >= 4 is 8.80 Å². The van der Waals surface area contributed by atoms with Crippen LogP contribution in [0.2, 0.25) is 6.04 Å². The van der Waals surface area contributed by atoms with Crippen LogP contribution in [0.1, 0.15) is 77.7 Å². The van der Waals surface area contributed by atoms with Crippen LogP contribution in [0.25, 0.3) is 0 Å². The van der Waals surface area contributed by atoms with Crippen LogP contribution in [0.4, 0.5) is 0 Å². The lowest BCUT2D eigenvalue weighted by Crippen LogP contribution is -2.45. The first-order valence-electron chi connectivity index (χ1n) is 10.7. The molecule has 26 heavy (non-hydrogen) atoms. The van der Waals surface area contributed by atoms with Gasteiger partial charge in [0.1, 0.15) is 0 Å². The van der Waals surface area contributed by atoms with Crippen LogP contribution < -0.4 is 0 Å². The highest BCUT2D eigenvalue weighted by Gasteiger charge is 2.39. The second-order valence-corrected chi connectivity index (χ2v) is 9.53. The first-order valence-corrected chi connectivity index (χ1v) is 12.6. The summed E-state index contributed by atoms with van der Waals surface area (Å²) in [6.07, 6.45) is 11.7. The van der Waals surface area contributed by atoms with Gasteiger partial charge in [-0.05, 0) is 45.6 Å². The Morgan fingerprint density at radius 3 is 1.58 bits per heavy atom. The maximum atomic E-state index is 5.91. The Labute approximate surface area is 162 Å². The summed E-state index contributed by atoms with van der Waals surface area (Å²) >= 11 is 0. The molecule has 0 saturated carbocycles. The molecule has 0 aromatic heterocycles. The molecule has 0 amide bonds. The number of benzene rings is 1. The number of unbranched alkanes of at least 4 members (excludes halogenated alkanes) is 7. The molecule has 0 spiro atoms. The van der Waals surface area contributed by atoms with Gasteiger partial charge in [-0.25, -0.2) is 0 Å². The van der Waals surface area contributed by atoms with Gasteiger partial charge in [0.2, 0.25) is 0 Å². The minimum Gasteiger partial charge on any atom is -0.374 e. The molecule has 0 bridgehead atoms. The zero-order valence-electron chi connectivity index (χ0n) is 17.3. The number of hydrogen-bond donors (Lipinski definition) is 0. The molecule has 0 aliphatic carbocycles. The Balaban J connectivity index is 2.03. The Morgan fingerprint density at radius 1 is 0.615 bits per heavy atom. The van der Waals surface area contributed by atoms with Gasteiger partial charge in [-0.15, -0.1) is 0 Å². The largest absolute Gasteiger partial charge is 0.500 e. The van der Waals surface area contributed by atoms with E-state index in [1.807, 2.05) is 20.8 Å². The van der Waals surface area contributed by atoms with E-state index in [9.17, 15) is 0 Å². The van der Waals surface area contributed by atoms with Crippen LogP contribution in [0.3, 0.4) is 0 Å². The zero-order chi connectivity index (χ0) is 18.9. The standard InChI is InChI=1S/C22H40O3Si/c1-4-23-26(24-5-2,25-6-3)21-17-12-10-8-7-9-11-14-18-22-19-15-13-16-20-22/h13,15-16,19-20H,4-12,14,17-18,21H2,1-3H3. The molecule has 1 rings (SSSR count). The van der Waals surface area contributed by atoms with Gasteiger partial charge < -0.3 is 13.3 Å². The maximum absolute atomic E-state index is 5.91. The summed E-state index contributed by atoms with van der Waals surface area (Å²) in [5.41, 5.74) is 1.47. The van der Waals surface area contributed by atoms with E-state index in [0.717, 1.165) is 12.5 Å². The first kappa shape index (κ1) is 23.4. The van der Waals surface area contributed by atoms with E-state index in [-0.39, 0.29) is 0 Å². The normalized spacial score (nSPS) is 11.8. The zero-order valence-corrected chi connectivity index (χ0v) is 18.3. The first-order chi connectivity index (χ1) is 12.8. The van der Waals surface area contributed by atoms with Gasteiger partial charge in [-0.2, -0.15) is 0 Å². The van der Waals surface area contributed by atoms with Crippen LogP contribution in [0.5, 0.6) is 0 Å². The molecule has 0 aliphatic heterocycles. The van der Waals surface area contributed by atoms with E-state index in [0.29, 0.717) is 19.8 Å². The third-order valence-corrected chi connectivity index (χ3v) is 7.79. The van der Waals surface area contributed by atoms with Crippen molar-refractivity contribution in [3.8, 4) is 0 Å². The lowest BCUT2D eigenvalue weighted by Gasteiger charge is -2.28. The van der Waals surface area contributed by atoms with Crippen LogP contribution >= 0.6 is 0 Å². The summed E-state index contributed by atoms with van der Waals surface area (Å²) in [5.74, 6) is 0. The minimum atomic E-state index is -2.41. The molecule has 0 atom stereocenters. The topological polar surface area (TPSA) is 27.7 Å². The molecule has 1 aromatic rings. The van der Waals surface area contributed by atoms with Crippen molar-refractivity contribution in [2.24, 2.45) is 0 Å². The number of hydrogen-bond acceptors (Lipinski definition) is 3. The molecule has 0 unspecified atom stereocenters. The monoisotopic (exact) mass is 380 g/mol. The third kappa shape index (κ3) is 10.5. The third-order valence-electron chi connectivity index (χ3n) is 4.63. The van der Waals surface area contributed by atoms with Crippen LogP contribution in [-0.2, 0) is 19.7 Å². The average molecular weight is 381 g/mol. The summed E-state index contributed by atoms with van der Waals surface area (Å²) in [6.45, 7) is 8.10. The summed E-state index contributed by atoms with van der Waals surface area (Å²) in [7, 11) is -2.41. The smallest absolute Gasteiger partial charge is 0.374 e. The molecule has 3 nitrogen and oxygen atoms in total. The van der Waals surface area contributed by atoms with Crippen molar-refractivity contribution in [1.82, 2.24) is 0 Å². The summed E-state index contributed by atoms with van der Waals surface area (Å²) in [6, 6.07) is 11.8. The summed E-state index contributed by atoms with van der Waals surface area (Å²) in [5, 5.41) is 0. The molecule has 0 saturated heterocycles. The van der Waals surface area contributed by atoms with Gasteiger partial charge in [-0.1, -0.05) is 68.9 Å². The van der Waals surface area contributed by atoms with Gasteiger partial charge in [0.15, 0.2) is 0 Å². The Morgan fingerprint density at radius 2 is 1.08 bits per heavy atom. The second-order valence-electron chi connectivity index (χ2n) is 6.80. The van der Waals surface area contributed by atoms with Crippen LogP contribution in [0, 0.1) is 0 Å². The molecule has 1 aromatic carbocycles. The summed E-state index contributed by atoms with van der Waals surface area (Å²) in [4.78, 5) is 0. The lowest BCUT2D eigenvalue weighted by atomic mass is 10.0.